The molecule has 4 amide bonds. The maximum atomic E-state index is 14.9. The van der Waals surface area contributed by atoms with Crippen LogP contribution in [0.4, 0.5) is 4.79 Å². The smallest absolute Gasteiger partial charge is 0.408 e. The van der Waals surface area contributed by atoms with Gasteiger partial charge in [0.1, 0.15) is 39.8 Å². The molecule has 4 aliphatic rings. The molecule has 1 aromatic heterocycles. The van der Waals surface area contributed by atoms with E-state index < -0.39 is 80.1 Å². The van der Waals surface area contributed by atoms with E-state index in [0.29, 0.717) is 30.4 Å². The quantitative estimate of drug-likeness (QED) is 0.231. The lowest BCUT2D eigenvalue weighted by atomic mass is 9.88. The number of aromatic nitrogens is 1. The highest BCUT2D eigenvalue weighted by molar-refractivity contribution is 7.91. The Bertz CT molecular complexity index is 2030. The number of sulfonamides is 1. The first-order chi connectivity index (χ1) is 26.8. The van der Waals surface area contributed by atoms with Gasteiger partial charge in [-0.15, -0.1) is 0 Å². The van der Waals surface area contributed by atoms with Crippen LogP contribution in [0, 0.1) is 11.8 Å². The topological polar surface area (TPSA) is 215 Å². The number of ether oxygens (including phenoxy) is 3. The predicted molar refractivity (Wildman–Crippen MR) is 211 cm³/mol. The summed E-state index contributed by atoms with van der Waals surface area (Å²) in [5.41, 5.74) is -3.78. The zero-order chi connectivity index (χ0) is 41.6. The van der Waals surface area contributed by atoms with Crippen LogP contribution in [0.5, 0.6) is 11.6 Å². The summed E-state index contributed by atoms with van der Waals surface area (Å²) in [5, 5.41) is 20.1. The van der Waals surface area contributed by atoms with E-state index in [9.17, 15) is 32.7 Å². The minimum atomic E-state index is -4.32. The molecule has 2 aliphatic carbocycles. The minimum Gasteiger partial charge on any atom is -0.494 e. The number of aliphatic hydroxyl groups excluding tert-OH is 1. The van der Waals surface area contributed by atoms with Crippen molar-refractivity contribution in [2.24, 2.45) is 11.8 Å². The Morgan fingerprint density at radius 1 is 1.11 bits per heavy atom. The second-order valence-electron chi connectivity index (χ2n) is 17.1. The number of carbonyl (C=O) groups is 4. The van der Waals surface area contributed by atoms with Gasteiger partial charge in [0.25, 0.3) is 5.91 Å². The molecule has 3 heterocycles. The highest BCUT2D eigenvalue weighted by Crippen LogP contribution is 2.51. The van der Waals surface area contributed by atoms with E-state index in [2.05, 4.69) is 32.6 Å². The molecule has 0 bridgehead atoms. The Balaban J connectivity index is 1.39. The molecule has 3 fully saturated rings. The number of alkyl carbamates (subject to hydrolysis) is 1. The Hall–Kier alpha value is -4.48. The zero-order valence-corrected chi connectivity index (χ0v) is 34.5. The molecule has 1 aromatic carbocycles. The van der Waals surface area contributed by atoms with Crippen molar-refractivity contribution < 1.29 is 46.9 Å². The molecular formula is C40H56N6O10S. The number of rotatable bonds is 9. The molecule has 2 aromatic rings. The normalized spacial score (nSPS) is 30.7. The van der Waals surface area contributed by atoms with Crippen LogP contribution in [0.2, 0.25) is 0 Å². The molecule has 5 N–H and O–H groups in total. The van der Waals surface area contributed by atoms with Gasteiger partial charge in [-0.3, -0.25) is 19.1 Å². The van der Waals surface area contributed by atoms with Crippen molar-refractivity contribution in [2.75, 3.05) is 27.3 Å². The lowest BCUT2D eigenvalue weighted by Crippen LogP contribution is -2.62. The first-order valence-electron chi connectivity index (χ1n) is 19.6. The monoisotopic (exact) mass is 812 g/mol. The summed E-state index contributed by atoms with van der Waals surface area (Å²) in [7, 11) is -1.15. The fourth-order valence-electron chi connectivity index (χ4n) is 8.26. The number of fused-ring (bicyclic) bond motifs is 3. The van der Waals surface area contributed by atoms with Gasteiger partial charge in [-0.25, -0.2) is 18.2 Å². The number of hydrogen-bond donors (Lipinski definition) is 5. The van der Waals surface area contributed by atoms with E-state index >= 15 is 0 Å². The SMILES string of the molecule is CN[C@]12/C=C\CC[C@H](C)C[C@@H](C)[C@H](NC(=O)OC(C)(C)C)C(=O)N3C[C@H](Oc4ncc(OC)c5ccccc45)CC3C(=O)N[C@]1(C(=O)NS(=O)(=O)C1(CO)CC1)C2. The fraction of sp³-hybridized carbons (Fsp3) is 0.625. The molecule has 0 spiro atoms. The zero-order valence-electron chi connectivity index (χ0n) is 33.7. The van der Waals surface area contributed by atoms with Crippen molar-refractivity contribution in [3.05, 3.63) is 42.6 Å². The van der Waals surface area contributed by atoms with Gasteiger partial charge < -0.3 is 40.2 Å². The van der Waals surface area contributed by atoms with Crippen LogP contribution >= 0.6 is 0 Å². The number of aliphatic hydroxyl groups is 1. The number of pyridine rings is 1. The van der Waals surface area contributed by atoms with Crippen LogP contribution in [-0.2, 0) is 29.1 Å². The molecule has 16 nitrogen and oxygen atoms in total. The van der Waals surface area contributed by atoms with Gasteiger partial charge >= 0.3 is 6.09 Å². The molecule has 57 heavy (non-hydrogen) atoms. The van der Waals surface area contributed by atoms with Crippen molar-refractivity contribution in [2.45, 2.75) is 119 Å². The lowest BCUT2D eigenvalue weighted by molar-refractivity contribution is -0.142. The van der Waals surface area contributed by atoms with Gasteiger partial charge in [0, 0.05) is 23.6 Å². The van der Waals surface area contributed by atoms with Crippen LogP contribution in [0.3, 0.4) is 0 Å². The first kappa shape index (κ1) is 42.1. The van der Waals surface area contributed by atoms with Crippen LogP contribution in [0.25, 0.3) is 10.8 Å². The summed E-state index contributed by atoms with van der Waals surface area (Å²) in [4.78, 5) is 63.0. The predicted octanol–water partition coefficient (Wildman–Crippen LogP) is 2.69. The Labute approximate surface area is 333 Å². The van der Waals surface area contributed by atoms with Crippen molar-refractivity contribution in [3.8, 4) is 11.6 Å². The van der Waals surface area contributed by atoms with Crippen LogP contribution in [-0.4, -0.2) is 114 Å². The molecular weight excluding hydrogens is 757 g/mol. The van der Waals surface area contributed by atoms with E-state index in [0.717, 1.165) is 5.39 Å². The van der Waals surface area contributed by atoms with Crippen LogP contribution in [0.1, 0.15) is 79.6 Å². The lowest BCUT2D eigenvalue weighted by Gasteiger charge is -2.33. The number of benzene rings is 1. The average molecular weight is 813 g/mol. The summed E-state index contributed by atoms with van der Waals surface area (Å²) in [5.74, 6) is -1.69. The number of carbonyl (C=O) groups excluding carboxylic acids is 4. The molecule has 1 unspecified atom stereocenters. The number of methoxy groups -OCH3 is 1. The highest BCUT2D eigenvalue weighted by atomic mass is 32.2. The molecule has 2 aliphatic heterocycles. The van der Waals surface area contributed by atoms with E-state index in [-0.39, 0.29) is 49.9 Å². The van der Waals surface area contributed by atoms with Gasteiger partial charge in [0.05, 0.1) is 32.0 Å². The van der Waals surface area contributed by atoms with Gasteiger partial charge in [-0.1, -0.05) is 44.2 Å². The van der Waals surface area contributed by atoms with Crippen LogP contribution < -0.4 is 30.1 Å². The van der Waals surface area contributed by atoms with E-state index in [1.165, 1.54) is 18.2 Å². The Morgan fingerprint density at radius 2 is 1.81 bits per heavy atom. The summed E-state index contributed by atoms with van der Waals surface area (Å²) < 4.78 is 45.1. The largest absolute Gasteiger partial charge is 0.494 e. The number of hydrogen-bond acceptors (Lipinski definition) is 12. The molecule has 6 rings (SSSR count). The number of allylic oxidation sites excluding steroid dienone is 1. The fourth-order valence-corrected chi connectivity index (χ4v) is 9.71. The summed E-state index contributed by atoms with van der Waals surface area (Å²) in [6, 6.07) is 5.07. The average Bonchev–Trinajstić information content (AvgIpc) is 4.04. The molecule has 1 saturated heterocycles. The van der Waals surface area contributed by atoms with Crippen LogP contribution in [0.15, 0.2) is 42.6 Å². The van der Waals surface area contributed by atoms with Crippen molar-refractivity contribution in [1.82, 2.24) is 30.6 Å². The second-order valence-corrected chi connectivity index (χ2v) is 19.2. The third-order valence-electron chi connectivity index (χ3n) is 11.8. The number of amides is 4. The second kappa shape index (κ2) is 15.7. The number of nitrogens with zero attached hydrogens (tertiary/aromatic N) is 2. The Morgan fingerprint density at radius 3 is 2.44 bits per heavy atom. The van der Waals surface area contributed by atoms with Gasteiger partial charge in [0.15, 0.2) is 0 Å². The van der Waals surface area contributed by atoms with Crippen molar-refractivity contribution in [1.29, 1.82) is 0 Å². The highest BCUT2D eigenvalue weighted by Gasteiger charge is 2.73. The van der Waals surface area contributed by atoms with E-state index in [4.69, 9.17) is 14.2 Å². The molecule has 17 heteroatoms. The summed E-state index contributed by atoms with van der Waals surface area (Å²) >= 11 is 0. The van der Waals surface area contributed by atoms with Gasteiger partial charge in [0.2, 0.25) is 27.7 Å². The van der Waals surface area contributed by atoms with E-state index in [1.807, 2.05) is 37.3 Å². The Kier molecular flexibility index (Phi) is 11.6. The van der Waals surface area contributed by atoms with Crippen molar-refractivity contribution in [3.63, 3.8) is 0 Å². The third kappa shape index (κ3) is 8.28. The van der Waals surface area contributed by atoms with Gasteiger partial charge in [-0.2, -0.15) is 0 Å². The van der Waals surface area contributed by atoms with E-state index in [1.54, 1.807) is 33.9 Å². The summed E-state index contributed by atoms with van der Waals surface area (Å²) in [6.45, 7) is 8.37. The molecule has 0 radical (unpaired) electrons. The molecule has 2 saturated carbocycles. The third-order valence-corrected chi connectivity index (χ3v) is 14.0. The molecule has 312 valence electrons. The maximum Gasteiger partial charge on any atom is 0.408 e. The summed E-state index contributed by atoms with van der Waals surface area (Å²) in [6.07, 6.45) is 5.92. The molecule has 7 atom stereocenters. The number of likely N-dealkylation sites (N-methyl/N-ethyl adjacent to an activating group) is 1. The number of nitrogens with one attached hydrogen (secondary N) is 4. The van der Waals surface area contributed by atoms with Crippen molar-refractivity contribution >= 4 is 44.6 Å². The first-order valence-corrected chi connectivity index (χ1v) is 21.1. The maximum absolute atomic E-state index is 14.9. The van der Waals surface area contributed by atoms with Gasteiger partial charge in [-0.05, 0) is 77.8 Å². The standard InChI is InChI=1S/C40H56N6O10S/c1-24-12-10-11-15-39(41-6)22-40(39,35(50)45-57(52,53)38(23-47)16-17-38)44-32(48)29-19-26(55-33-28-14-9-8-13-27(28)30(54-7)20-42-33)21-46(29)34(49)31(25(2)18-24)43-36(51)56-37(3,4)5/h8-9,11,13-15,20,24-26,29,31,41,47H,10,12,16-19,21-23H2,1-7H3,(H,43,51)(H,44,48)(H,45,50)/b15-11-/t24-,25+,26+,29?,31-,39-,40-/m0/s1. The minimum absolute atomic E-state index is 0.0178.